The average molecular weight is 724 g/mol. The molecule has 0 bridgehead atoms. The van der Waals surface area contributed by atoms with Gasteiger partial charge in [0.15, 0.2) is 23.2 Å². The van der Waals surface area contributed by atoms with Crippen LogP contribution in [0.2, 0.25) is 0 Å². The maximum absolute atomic E-state index is 13.9. The molecular weight excluding hydrogens is 696 g/mol. The number of phenolic OH excluding ortho intramolecular Hbond substituents is 1. The Morgan fingerprint density at radius 1 is 1.20 bits per heavy atom. The van der Waals surface area contributed by atoms with Gasteiger partial charge in [-0.2, -0.15) is 4.57 Å². The van der Waals surface area contributed by atoms with Crippen molar-refractivity contribution in [2.45, 2.75) is 30.9 Å². The van der Waals surface area contributed by atoms with Crippen LogP contribution in [-0.4, -0.2) is 89.2 Å². The molecule has 3 aromatic rings. The number of hydrogen-bond donors (Lipinski definition) is 6. The second kappa shape index (κ2) is 14.0. The number of likely N-dealkylation sites (tertiary alicyclic amines) is 1. The molecule has 2 atom stereocenters. The number of pyridine rings is 1. The number of amides is 4. The Kier molecular flexibility index (Phi) is 9.51. The molecule has 0 aliphatic carbocycles. The first-order valence-corrected chi connectivity index (χ1v) is 16.8. The summed E-state index contributed by atoms with van der Waals surface area (Å²) in [6.07, 6.45) is 5.14. The number of nitrogens with one attached hydrogen (secondary N) is 2. The number of aromatic hydroxyl groups is 1. The van der Waals surface area contributed by atoms with Crippen LogP contribution in [0, 0.1) is 5.82 Å². The Balaban J connectivity index is 1.08. The standard InChI is InChI=1S/C31H27FN8O8S2/c32-19-10-18(41)1-2-20(19)34-22(42)12-38-6-3-15(4-7-38)11-39-8-5-16(27(39)44)9-17-13-49-29-24(28(45)40(29)25(17)30(46)47)36-26(43)23(37-48)21-14-50-31(33)35-21/h1-4,6-7,9-10,14,24,29H,5,8,11-13H2,(H6-,33,34,35,36,37,41,42,43,46,47,48)/p+1/t24-,29-/m1/s1. The number of allylic oxidation sites excluding steroid dienone is 1. The second-order valence-corrected chi connectivity index (χ2v) is 13.3. The van der Waals surface area contributed by atoms with Crippen LogP contribution in [0.3, 0.4) is 0 Å². The van der Waals surface area contributed by atoms with E-state index in [1.54, 1.807) is 34.0 Å². The summed E-state index contributed by atoms with van der Waals surface area (Å²) in [5.41, 5.74) is 6.25. The van der Waals surface area contributed by atoms with Crippen molar-refractivity contribution < 1.29 is 48.4 Å². The largest absolute Gasteiger partial charge is 0.508 e. The van der Waals surface area contributed by atoms with Crippen LogP contribution in [0.4, 0.5) is 15.2 Å². The summed E-state index contributed by atoms with van der Waals surface area (Å²) in [4.78, 5) is 70.5. The molecule has 2 saturated heterocycles. The number of nitrogen functional groups attached to an aromatic ring is 1. The number of benzene rings is 1. The molecule has 258 valence electrons. The number of halogens is 1. The van der Waals surface area contributed by atoms with Crippen LogP contribution in [0.5, 0.6) is 5.75 Å². The van der Waals surface area contributed by atoms with Gasteiger partial charge in [-0.25, -0.2) is 14.2 Å². The quantitative estimate of drug-likeness (QED) is 0.0325. The first kappa shape index (κ1) is 34.1. The van der Waals surface area contributed by atoms with E-state index in [1.165, 1.54) is 35.4 Å². The minimum atomic E-state index is -1.36. The number of thioether (sulfide) groups is 1. The maximum atomic E-state index is 13.9. The van der Waals surface area contributed by atoms with Gasteiger partial charge in [-0.1, -0.05) is 5.16 Å². The number of nitrogens with two attached hydrogens (primary N) is 1. The lowest BCUT2D eigenvalue weighted by atomic mass is 10.0. The normalized spacial score (nSPS) is 19.8. The fourth-order valence-electron chi connectivity index (χ4n) is 5.62. The first-order chi connectivity index (χ1) is 23.9. The van der Waals surface area contributed by atoms with Gasteiger partial charge in [-0.15, -0.1) is 23.1 Å². The number of hydrogen-bond acceptors (Lipinski definition) is 12. The molecule has 4 amide bonds. The third kappa shape index (κ3) is 6.85. The minimum absolute atomic E-state index is 0.0182. The van der Waals surface area contributed by atoms with E-state index < -0.39 is 46.6 Å². The van der Waals surface area contributed by atoms with Gasteiger partial charge in [-0.3, -0.25) is 24.1 Å². The maximum Gasteiger partial charge on any atom is 0.352 e. The van der Waals surface area contributed by atoms with Gasteiger partial charge in [0.1, 0.15) is 34.4 Å². The molecule has 2 fully saturated rings. The molecule has 0 saturated carbocycles. The lowest BCUT2D eigenvalue weighted by Gasteiger charge is -2.49. The highest BCUT2D eigenvalue weighted by Crippen LogP contribution is 2.41. The highest BCUT2D eigenvalue weighted by molar-refractivity contribution is 8.00. The Hall–Kier alpha value is -5.82. The summed E-state index contributed by atoms with van der Waals surface area (Å²) in [5.74, 6) is -4.58. The first-order valence-electron chi connectivity index (χ1n) is 14.8. The minimum Gasteiger partial charge on any atom is -0.508 e. The van der Waals surface area contributed by atoms with E-state index in [2.05, 4.69) is 20.8 Å². The van der Waals surface area contributed by atoms with Crippen LogP contribution in [-0.2, 0) is 37.1 Å². The third-order valence-electron chi connectivity index (χ3n) is 8.01. The molecule has 3 aliphatic rings. The molecule has 5 heterocycles. The molecule has 6 rings (SSSR count). The monoisotopic (exact) mass is 723 g/mol. The number of β-lactam (4-membered cyclic amide) rings is 1. The molecule has 1 aromatic carbocycles. The Morgan fingerprint density at radius 3 is 2.62 bits per heavy atom. The highest BCUT2D eigenvalue weighted by Gasteiger charge is 2.54. The number of rotatable bonds is 10. The van der Waals surface area contributed by atoms with E-state index in [1.807, 2.05) is 0 Å². The number of oxime groups is 1. The fraction of sp³-hybridized carbons (Fsp3) is 0.226. The van der Waals surface area contributed by atoms with E-state index in [9.17, 15) is 43.8 Å². The Morgan fingerprint density at radius 2 is 1.96 bits per heavy atom. The Bertz CT molecular complexity index is 2010. The number of carboxylic acids is 1. The number of carboxylic acid groups (broad SMARTS) is 1. The van der Waals surface area contributed by atoms with Crippen LogP contribution in [0.15, 0.2) is 76.2 Å². The van der Waals surface area contributed by atoms with Gasteiger partial charge in [0, 0.05) is 48.0 Å². The molecule has 0 spiro atoms. The summed E-state index contributed by atoms with van der Waals surface area (Å²) in [7, 11) is 0. The van der Waals surface area contributed by atoms with E-state index in [0.717, 1.165) is 27.9 Å². The smallest absolute Gasteiger partial charge is 0.352 e. The van der Waals surface area contributed by atoms with Crippen molar-refractivity contribution in [2.24, 2.45) is 5.16 Å². The van der Waals surface area contributed by atoms with Crippen molar-refractivity contribution in [3.8, 4) is 5.75 Å². The molecule has 2 aromatic heterocycles. The zero-order valence-electron chi connectivity index (χ0n) is 25.8. The van der Waals surface area contributed by atoms with Crippen molar-refractivity contribution in [1.82, 2.24) is 20.1 Å². The number of phenols is 1. The van der Waals surface area contributed by atoms with Gasteiger partial charge in [-0.05, 0) is 35.8 Å². The SMILES string of the molecule is Nc1nc(/C(=N/O)C(=O)N[C@@H]2C(=O)N3C(C(=O)O)=C(C=C4CCN(Cc5cc[n+](CC(=O)Nc6ccc(O)cc6F)cc5)C4=O)CS[C@H]23)cs1. The van der Waals surface area contributed by atoms with Crippen molar-refractivity contribution >= 4 is 69.2 Å². The topological polar surface area (TPSA) is 232 Å². The number of carbonyl (C=O) groups is 5. The molecule has 7 N–H and O–H groups in total. The average Bonchev–Trinajstić information content (AvgIpc) is 3.66. The zero-order valence-corrected chi connectivity index (χ0v) is 27.4. The molecule has 50 heavy (non-hydrogen) atoms. The lowest BCUT2D eigenvalue weighted by Crippen LogP contribution is -2.71. The molecule has 19 heteroatoms. The Labute approximate surface area is 290 Å². The lowest BCUT2D eigenvalue weighted by molar-refractivity contribution is -0.684. The molecule has 0 unspecified atom stereocenters. The van der Waals surface area contributed by atoms with Crippen molar-refractivity contribution in [3.05, 3.63) is 88.1 Å². The molecular formula is C31H28FN8O8S2+. The number of aromatic nitrogens is 2. The van der Waals surface area contributed by atoms with Crippen LogP contribution in [0.1, 0.15) is 17.7 Å². The number of nitrogens with zero attached hydrogens (tertiary/aromatic N) is 5. The number of aliphatic carboxylic acids is 1. The van der Waals surface area contributed by atoms with Gasteiger partial charge >= 0.3 is 5.97 Å². The fourth-order valence-corrected chi connectivity index (χ4v) is 7.47. The number of fused-ring (bicyclic) bond motifs is 1. The van der Waals surface area contributed by atoms with Gasteiger partial charge in [0.2, 0.25) is 12.5 Å². The van der Waals surface area contributed by atoms with Crippen molar-refractivity contribution in [1.29, 1.82) is 0 Å². The van der Waals surface area contributed by atoms with E-state index in [-0.39, 0.29) is 58.3 Å². The highest BCUT2D eigenvalue weighted by atomic mass is 32.2. The van der Waals surface area contributed by atoms with Gasteiger partial charge in [0.05, 0.1) is 5.69 Å². The summed E-state index contributed by atoms with van der Waals surface area (Å²) in [6.45, 7) is 0.521. The molecule has 16 nitrogen and oxygen atoms in total. The summed E-state index contributed by atoms with van der Waals surface area (Å²) in [5, 5.41) is 37.5. The predicted octanol–water partition coefficient (Wildman–Crippen LogP) is 0.772. The van der Waals surface area contributed by atoms with Gasteiger partial charge in [0.25, 0.3) is 17.7 Å². The van der Waals surface area contributed by atoms with Gasteiger partial charge < -0.3 is 36.7 Å². The van der Waals surface area contributed by atoms with Crippen LogP contribution < -0.4 is 20.9 Å². The van der Waals surface area contributed by atoms with E-state index in [4.69, 9.17) is 5.73 Å². The van der Waals surface area contributed by atoms with Crippen molar-refractivity contribution in [3.63, 3.8) is 0 Å². The van der Waals surface area contributed by atoms with Crippen molar-refractivity contribution in [2.75, 3.05) is 23.3 Å². The van der Waals surface area contributed by atoms with Crippen LogP contribution in [0.25, 0.3) is 0 Å². The zero-order chi connectivity index (χ0) is 35.7. The third-order valence-corrected chi connectivity index (χ3v) is 9.99. The number of thiazole rings is 1. The second-order valence-electron chi connectivity index (χ2n) is 11.3. The summed E-state index contributed by atoms with van der Waals surface area (Å²) in [6, 6.07) is 5.79. The predicted molar refractivity (Wildman–Crippen MR) is 176 cm³/mol. The molecule has 0 radical (unpaired) electrons. The summed E-state index contributed by atoms with van der Waals surface area (Å²) < 4.78 is 15.5. The number of anilines is 2. The summed E-state index contributed by atoms with van der Waals surface area (Å²) >= 11 is 2.24. The number of carbonyl (C=O) groups excluding carboxylic acids is 4. The van der Waals surface area contributed by atoms with Crippen LogP contribution >= 0.6 is 23.1 Å². The van der Waals surface area contributed by atoms with E-state index >= 15 is 0 Å². The van der Waals surface area contributed by atoms with E-state index in [0.29, 0.717) is 18.5 Å². The molecule has 3 aliphatic heterocycles.